The summed E-state index contributed by atoms with van der Waals surface area (Å²) in [5, 5.41) is 2.27. The summed E-state index contributed by atoms with van der Waals surface area (Å²) in [6, 6.07) is 0.521. The molecule has 3 N–H and O–H groups in total. The SMILES string of the molecule is CC1SCC(C(CCC2CC2)NN)SC1C. The van der Waals surface area contributed by atoms with Crippen LogP contribution in [0.3, 0.4) is 0 Å². The molecule has 1 aliphatic heterocycles. The van der Waals surface area contributed by atoms with E-state index in [9.17, 15) is 0 Å². The topological polar surface area (TPSA) is 38.0 Å². The second kappa shape index (κ2) is 5.98. The molecule has 16 heavy (non-hydrogen) atoms. The highest BCUT2D eigenvalue weighted by atomic mass is 32.2. The first-order valence-electron chi connectivity index (χ1n) is 6.44. The summed E-state index contributed by atoms with van der Waals surface area (Å²) in [5.41, 5.74) is 3.06. The van der Waals surface area contributed by atoms with E-state index in [1.807, 2.05) is 0 Å². The van der Waals surface area contributed by atoms with Gasteiger partial charge in [0, 0.05) is 27.5 Å². The highest BCUT2D eigenvalue weighted by Gasteiger charge is 2.32. The minimum Gasteiger partial charge on any atom is -0.271 e. The van der Waals surface area contributed by atoms with Crippen LogP contribution in [0.4, 0.5) is 0 Å². The van der Waals surface area contributed by atoms with Gasteiger partial charge in [0.1, 0.15) is 0 Å². The Hall–Kier alpha value is 0.620. The lowest BCUT2D eigenvalue weighted by Gasteiger charge is -2.35. The second-order valence-corrected chi connectivity index (χ2v) is 8.24. The van der Waals surface area contributed by atoms with Crippen molar-refractivity contribution in [2.75, 3.05) is 5.75 Å². The molecule has 4 atom stereocenters. The monoisotopic (exact) mass is 260 g/mol. The summed E-state index contributed by atoms with van der Waals surface area (Å²) >= 11 is 4.25. The second-order valence-electron chi connectivity index (χ2n) is 5.21. The molecule has 1 saturated carbocycles. The first-order valence-corrected chi connectivity index (χ1v) is 8.43. The van der Waals surface area contributed by atoms with Gasteiger partial charge in [-0.05, 0) is 18.8 Å². The van der Waals surface area contributed by atoms with Gasteiger partial charge in [0.2, 0.25) is 0 Å². The molecule has 4 heteroatoms. The predicted octanol–water partition coefficient (Wildman–Crippen LogP) is 2.63. The Labute approximate surface area is 108 Å². The zero-order valence-corrected chi connectivity index (χ0v) is 11.9. The van der Waals surface area contributed by atoms with Gasteiger partial charge in [-0.25, -0.2) is 0 Å². The van der Waals surface area contributed by atoms with Crippen molar-refractivity contribution in [1.82, 2.24) is 5.43 Å². The smallest absolute Gasteiger partial charge is 0.0337 e. The standard InChI is InChI=1S/C12H24N2S2/c1-8-9(2)16-12(7-15-8)11(14-13)6-5-10-3-4-10/h8-12,14H,3-7,13H2,1-2H3. The summed E-state index contributed by atoms with van der Waals surface area (Å²) < 4.78 is 0. The maximum Gasteiger partial charge on any atom is 0.0337 e. The molecule has 0 spiro atoms. The molecule has 0 aromatic rings. The van der Waals surface area contributed by atoms with Crippen molar-refractivity contribution in [2.24, 2.45) is 11.8 Å². The van der Waals surface area contributed by atoms with E-state index >= 15 is 0 Å². The minimum atomic E-state index is 0.521. The zero-order chi connectivity index (χ0) is 11.5. The van der Waals surface area contributed by atoms with Crippen molar-refractivity contribution in [3.05, 3.63) is 0 Å². The normalized spacial score (nSPS) is 37.3. The molecule has 0 aromatic heterocycles. The van der Waals surface area contributed by atoms with Crippen LogP contribution in [-0.2, 0) is 0 Å². The van der Waals surface area contributed by atoms with Crippen LogP contribution in [0.25, 0.3) is 0 Å². The van der Waals surface area contributed by atoms with E-state index in [4.69, 9.17) is 5.84 Å². The van der Waals surface area contributed by atoms with Gasteiger partial charge in [-0.1, -0.05) is 26.7 Å². The Morgan fingerprint density at radius 2 is 2.06 bits per heavy atom. The summed E-state index contributed by atoms with van der Waals surface area (Å²) in [6.07, 6.45) is 5.55. The molecular formula is C12H24N2S2. The molecule has 2 rings (SSSR count). The largest absolute Gasteiger partial charge is 0.271 e. The van der Waals surface area contributed by atoms with Crippen LogP contribution in [0.5, 0.6) is 0 Å². The number of thioether (sulfide) groups is 2. The minimum absolute atomic E-state index is 0.521. The Morgan fingerprint density at radius 1 is 1.31 bits per heavy atom. The summed E-state index contributed by atoms with van der Waals surface area (Å²) in [4.78, 5) is 0. The van der Waals surface area contributed by atoms with Crippen molar-refractivity contribution >= 4 is 23.5 Å². The van der Waals surface area contributed by atoms with Gasteiger partial charge in [0.25, 0.3) is 0 Å². The highest BCUT2D eigenvalue weighted by Crippen LogP contribution is 2.39. The van der Waals surface area contributed by atoms with Gasteiger partial charge >= 0.3 is 0 Å². The predicted molar refractivity (Wildman–Crippen MR) is 75.8 cm³/mol. The summed E-state index contributed by atoms with van der Waals surface area (Å²) in [6.45, 7) is 4.69. The third kappa shape index (κ3) is 3.56. The van der Waals surface area contributed by atoms with E-state index in [-0.39, 0.29) is 0 Å². The average molecular weight is 260 g/mol. The fourth-order valence-electron chi connectivity index (χ4n) is 2.22. The maximum atomic E-state index is 5.72. The maximum absolute atomic E-state index is 5.72. The highest BCUT2D eigenvalue weighted by molar-refractivity contribution is 8.07. The van der Waals surface area contributed by atoms with Crippen LogP contribution >= 0.6 is 23.5 Å². The Kier molecular flexibility index (Phi) is 4.89. The fourth-order valence-corrected chi connectivity index (χ4v) is 5.37. The molecule has 2 aliphatic rings. The van der Waals surface area contributed by atoms with Gasteiger partial charge < -0.3 is 0 Å². The van der Waals surface area contributed by atoms with Crippen LogP contribution in [0.15, 0.2) is 0 Å². The average Bonchev–Trinajstić information content (AvgIpc) is 3.08. The molecule has 1 saturated heterocycles. The van der Waals surface area contributed by atoms with Crippen molar-refractivity contribution in [3.8, 4) is 0 Å². The van der Waals surface area contributed by atoms with Crippen molar-refractivity contribution < 1.29 is 0 Å². The van der Waals surface area contributed by atoms with Gasteiger partial charge in [-0.15, -0.1) is 0 Å². The van der Waals surface area contributed by atoms with Gasteiger partial charge in [0.05, 0.1) is 0 Å². The Balaban J connectivity index is 1.78. The summed E-state index contributed by atoms with van der Waals surface area (Å²) in [5.74, 6) is 8.00. The number of hydrazine groups is 1. The van der Waals surface area contributed by atoms with Crippen molar-refractivity contribution in [2.45, 2.75) is 61.3 Å². The lowest BCUT2D eigenvalue weighted by molar-refractivity contribution is 0.462. The summed E-state index contributed by atoms with van der Waals surface area (Å²) in [7, 11) is 0. The molecule has 0 amide bonds. The van der Waals surface area contributed by atoms with E-state index < -0.39 is 0 Å². The first-order chi connectivity index (χ1) is 7.70. The third-order valence-corrected chi connectivity index (χ3v) is 7.37. The number of nitrogens with one attached hydrogen (secondary N) is 1. The van der Waals surface area contributed by atoms with Crippen molar-refractivity contribution in [3.63, 3.8) is 0 Å². The molecule has 94 valence electrons. The molecule has 2 nitrogen and oxygen atoms in total. The molecular weight excluding hydrogens is 236 g/mol. The molecule has 4 unspecified atom stereocenters. The zero-order valence-electron chi connectivity index (χ0n) is 10.3. The molecule has 0 radical (unpaired) electrons. The molecule has 0 aromatic carbocycles. The first kappa shape index (κ1) is 13.1. The van der Waals surface area contributed by atoms with Gasteiger partial charge in [-0.2, -0.15) is 23.5 Å². The van der Waals surface area contributed by atoms with Crippen molar-refractivity contribution in [1.29, 1.82) is 0 Å². The molecule has 0 bridgehead atoms. The lowest BCUT2D eigenvalue weighted by atomic mass is 10.1. The van der Waals surface area contributed by atoms with E-state index in [1.165, 1.54) is 31.4 Å². The van der Waals surface area contributed by atoms with Crippen LogP contribution in [0.1, 0.15) is 39.5 Å². The van der Waals surface area contributed by atoms with E-state index in [0.29, 0.717) is 11.3 Å². The molecule has 2 fully saturated rings. The van der Waals surface area contributed by atoms with E-state index in [1.54, 1.807) is 0 Å². The number of nitrogens with two attached hydrogens (primary N) is 1. The Morgan fingerprint density at radius 3 is 2.62 bits per heavy atom. The quantitative estimate of drug-likeness (QED) is 0.589. The number of rotatable bonds is 5. The molecule has 1 heterocycles. The molecule has 1 aliphatic carbocycles. The van der Waals surface area contributed by atoms with Gasteiger partial charge in [0.15, 0.2) is 0 Å². The third-order valence-electron chi connectivity index (χ3n) is 3.82. The van der Waals surface area contributed by atoms with Crippen LogP contribution in [0, 0.1) is 5.92 Å². The number of hydrogen-bond donors (Lipinski definition) is 2. The van der Waals surface area contributed by atoms with Crippen LogP contribution in [0.2, 0.25) is 0 Å². The number of hydrogen-bond acceptors (Lipinski definition) is 4. The lowest BCUT2D eigenvalue weighted by Crippen LogP contribution is -2.46. The van der Waals surface area contributed by atoms with E-state index in [0.717, 1.165) is 16.4 Å². The van der Waals surface area contributed by atoms with Crippen LogP contribution < -0.4 is 11.3 Å². The van der Waals surface area contributed by atoms with Crippen LogP contribution in [-0.4, -0.2) is 27.5 Å². The van der Waals surface area contributed by atoms with E-state index in [2.05, 4.69) is 42.8 Å². The van der Waals surface area contributed by atoms with Gasteiger partial charge in [-0.3, -0.25) is 11.3 Å². The fraction of sp³-hybridized carbons (Fsp3) is 1.00. The Bertz CT molecular complexity index is 221.